The number of rotatable bonds is 7. The number of thioether (sulfide) groups is 1. The van der Waals surface area contributed by atoms with Gasteiger partial charge in [-0.05, 0) is 160 Å². The van der Waals surface area contributed by atoms with Crippen molar-refractivity contribution in [1.29, 1.82) is 0 Å². The number of benzene rings is 4. The molecule has 11 rings (SSSR count). The molecule has 0 unspecified atom stereocenters. The minimum absolute atomic E-state index is 0. The molecule has 0 atom stereocenters. The van der Waals surface area contributed by atoms with Gasteiger partial charge in [0.1, 0.15) is 0 Å². The fourth-order valence-corrected chi connectivity index (χ4v) is 10.8. The second-order valence-electron chi connectivity index (χ2n) is 18.0. The number of hydrogen-bond acceptors (Lipinski definition) is 6. The Kier molecular flexibility index (Phi) is 14.3. The van der Waals surface area contributed by atoms with Crippen molar-refractivity contribution in [1.82, 2.24) is 5.32 Å². The largest absolute Gasteiger partial charge is 0.748 e. The van der Waals surface area contributed by atoms with Crippen LogP contribution in [0.3, 0.4) is 0 Å². The van der Waals surface area contributed by atoms with Crippen LogP contribution in [0.25, 0.3) is 33.4 Å². The molecule has 0 aromatic heterocycles. The predicted molar refractivity (Wildman–Crippen MR) is 296 cm³/mol. The molecule has 1 amide bonds. The van der Waals surface area contributed by atoms with Gasteiger partial charge in [0, 0.05) is 50.8 Å². The maximum absolute atomic E-state index is 12.6. The van der Waals surface area contributed by atoms with Gasteiger partial charge in [-0.3, -0.25) is 4.79 Å². The molecule has 0 spiro atoms. The summed E-state index contributed by atoms with van der Waals surface area (Å²) in [6.07, 6.45) is 17.0. The van der Waals surface area contributed by atoms with Crippen molar-refractivity contribution in [3.8, 4) is 11.1 Å². The number of carbonyl (C=O) groups excluding carboxylic acids is 1. The van der Waals surface area contributed by atoms with Gasteiger partial charge in [-0.15, -0.1) is 23.8 Å². The van der Waals surface area contributed by atoms with E-state index in [1.54, 1.807) is 0 Å². The van der Waals surface area contributed by atoms with Crippen LogP contribution in [0.15, 0.2) is 224 Å². The van der Waals surface area contributed by atoms with Gasteiger partial charge in [-0.1, -0.05) is 76.9 Å². The molecule has 5 heterocycles. The van der Waals surface area contributed by atoms with Crippen molar-refractivity contribution < 1.29 is 21.9 Å². The van der Waals surface area contributed by atoms with E-state index < -0.39 is 0 Å². The number of hydrogen-bond donors (Lipinski definition) is 1. The van der Waals surface area contributed by atoms with Crippen molar-refractivity contribution in [2.45, 2.75) is 53.4 Å². The predicted octanol–water partition coefficient (Wildman–Crippen LogP) is 15.1. The first kappa shape index (κ1) is 48.5. The van der Waals surface area contributed by atoms with Gasteiger partial charge in [0.25, 0.3) is 5.24 Å². The topological polar surface area (TPSA) is 78.5 Å². The van der Waals surface area contributed by atoms with E-state index >= 15 is 0 Å². The van der Waals surface area contributed by atoms with Crippen LogP contribution in [0.4, 0.5) is 4.79 Å². The summed E-state index contributed by atoms with van der Waals surface area (Å²) in [6.45, 7) is 15.5. The van der Waals surface area contributed by atoms with Crippen LogP contribution in [0.1, 0.15) is 62.6 Å². The van der Waals surface area contributed by atoms with Gasteiger partial charge in [0.05, 0.1) is 45.6 Å². The SMILES string of the molecule is CCNC(=O)Sc1ccc(C2=C3C=CC(=N3)C(c3c(C)cc(C)cc3C)=C3C=CC(=N3)C(c3ccccc3-[c-]3cccc3)=C3C=CC(=N3)C(c3c(C)cc(C)cc3C)=C3C=CC2=N3)cc1.[Fe].[cH-]1[cH-][cH-][cH-][cH-]1. The zero-order chi connectivity index (χ0) is 48.5. The fourth-order valence-electron chi connectivity index (χ4n) is 10.1. The van der Waals surface area contributed by atoms with E-state index in [1.807, 2.05) is 49.4 Å². The molecule has 0 radical (unpaired) electrons. The van der Waals surface area contributed by atoms with Gasteiger partial charge in [0.15, 0.2) is 0 Å². The standard InChI is InChI=1S/C58H48N5OS.C5H5.Fe/c1-8-59-58(64)65-41-19-17-40(18-20-41)54-44-21-25-48(60-44)56(52-35(4)29-33(2)30-36(52)5)50-27-23-46(62-50)55(43-16-12-11-15-42(43)39-13-9-10-14-39)47-24-28-51(63-47)57(49-26-22-45(54)61-49)53-37(6)31-34(3)32-38(53)7;1-2-4-5-3-1;/h9-32H,8H2,1-7H3,(H,59,64);1-5H;/q-1;-5;. The Morgan fingerprint density at radius 2 is 0.930 bits per heavy atom. The maximum Gasteiger partial charge on any atom is 0.283 e. The van der Waals surface area contributed by atoms with Crippen molar-refractivity contribution >= 4 is 62.1 Å². The van der Waals surface area contributed by atoms with Crippen molar-refractivity contribution in [2.75, 3.05) is 6.54 Å². The van der Waals surface area contributed by atoms with Crippen LogP contribution in [-0.4, -0.2) is 34.6 Å². The first-order chi connectivity index (χ1) is 34.0. The Balaban J connectivity index is 0.000000980. The minimum Gasteiger partial charge on any atom is -0.748 e. The number of aliphatic imine (C=N–C) groups is 4. The molecular formula is C63H53FeN5OS-6. The van der Waals surface area contributed by atoms with Gasteiger partial charge in [-0.25, -0.2) is 20.0 Å². The third-order valence-electron chi connectivity index (χ3n) is 12.9. The normalized spacial score (nSPS) is 15.5. The maximum atomic E-state index is 12.6. The van der Waals surface area contributed by atoms with Crippen LogP contribution < -0.4 is 5.32 Å². The van der Waals surface area contributed by atoms with Gasteiger partial charge >= 0.3 is 0 Å². The molecule has 356 valence electrons. The molecule has 0 saturated heterocycles. The van der Waals surface area contributed by atoms with Crippen molar-refractivity contribution in [3.63, 3.8) is 0 Å². The molecule has 1 N–H and O–H groups in total. The second kappa shape index (κ2) is 20.9. The van der Waals surface area contributed by atoms with Crippen LogP contribution in [0, 0.1) is 41.5 Å². The molecule has 5 aliphatic rings. The average Bonchev–Trinajstić information content (AvgIpc) is 4.20. The van der Waals surface area contributed by atoms with E-state index in [0.29, 0.717) is 6.54 Å². The number of fused-ring (bicyclic) bond motifs is 4. The van der Waals surface area contributed by atoms with Crippen LogP contribution in [0.5, 0.6) is 0 Å². The molecule has 0 saturated carbocycles. The van der Waals surface area contributed by atoms with Gasteiger partial charge < -0.3 is 35.6 Å². The molecule has 71 heavy (non-hydrogen) atoms. The summed E-state index contributed by atoms with van der Waals surface area (Å²) < 4.78 is 0. The Bertz CT molecular complexity index is 3380. The summed E-state index contributed by atoms with van der Waals surface area (Å²) in [6, 6.07) is 44.2. The first-order valence-corrected chi connectivity index (χ1v) is 24.6. The van der Waals surface area contributed by atoms with E-state index in [1.165, 1.54) is 22.9 Å². The van der Waals surface area contributed by atoms with E-state index in [-0.39, 0.29) is 22.3 Å². The minimum atomic E-state index is -0.0821. The number of allylic oxidation sites excluding steroid dienone is 12. The monoisotopic (exact) mass is 983 g/mol. The summed E-state index contributed by atoms with van der Waals surface area (Å²) >= 11 is 1.19. The van der Waals surface area contributed by atoms with E-state index in [0.717, 1.165) is 128 Å². The fraction of sp³-hybridized carbons (Fsp3) is 0.127. The number of amides is 1. The summed E-state index contributed by atoms with van der Waals surface area (Å²) in [5.74, 6) is 0. The quantitative estimate of drug-likeness (QED) is 0.0983. The number of nitrogens with zero attached hydrogens (tertiary/aromatic N) is 4. The molecule has 5 aliphatic heterocycles. The third kappa shape index (κ3) is 9.84. The van der Waals surface area contributed by atoms with Crippen LogP contribution in [0.2, 0.25) is 0 Å². The summed E-state index contributed by atoms with van der Waals surface area (Å²) in [4.78, 5) is 35.6. The van der Waals surface area contributed by atoms with Crippen LogP contribution in [-0.2, 0) is 17.1 Å². The first-order valence-electron chi connectivity index (χ1n) is 23.8. The Morgan fingerprint density at radius 3 is 1.39 bits per heavy atom. The van der Waals surface area contributed by atoms with Crippen molar-refractivity contribution in [3.05, 3.63) is 254 Å². The van der Waals surface area contributed by atoms with Gasteiger partial charge in [-0.2, -0.15) is 12.1 Å². The summed E-state index contributed by atoms with van der Waals surface area (Å²) in [5, 5.41) is 2.81. The summed E-state index contributed by atoms with van der Waals surface area (Å²) in [5.41, 5.74) is 23.9. The van der Waals surface area contributed by atoms with Crippen molar-refractivity contribution in [2.24, 2.45) is 20.0 Å². The Hall–Kier alpha value is -7.48. The Labute approximate surface area is 432 Å². The zero-order valence-electron chi connectivity index (χ0n) is 40.9. The zero-order valence-corrected chi connectivity index (χ0v) is 42.8. The molecule has 0 fully saturated rings. The summed E-state index contributed by atoms with van der Waals surface area (Å²) in [7, 11) is 0. The molecule has 0 aliphatic carbocycles. The molecule has 8 heteroatoms. The molecule has 6 nitrogen and oxygen atoms in total. The van der Waals surface area contributed by atoms with Crippen LogP contribution >= 0.6 is 11.8 Å². The number of nitrogens with one attached hydrogen (secondary N) is 1. The molecule has 6 aromatic rings. The van der Waals surface area contributed by atoms with E-state index in [2.05, 4.69) is 180 Å². The molecular weight excluding hydrogens is 931 g/mol. The number of carbonyl (C=O) groups is 1. The number of aryl methyl sites for hydroxylation is 6. The smallest absolute Gasteiger partial charge is 0.283 e. The average molecular weight is 984 g/mol. The third-order valence-corrected chi connectivity index (χ3v) is 13.7. The van der Waals surface area contributed by atoms with E-state index in [4.69, 9.17) is 20.0 Å². The molecule has 8 bridgehead atoms. The van der Waals surface area contributed by atoms with E-state index in [9.17, 15) is 4.79 Å². The second-order valence-corrected chi connectivity index (χ2v) is 19.1. The van der Waals surface area contributed by atoms with Gasteiger partial charge in [0.2, 0.25) is 0 Å². The molecule has 6 aromatic carbocycles. The Morgan fingerprint density at radius 1 is 0.521 bits per heavy atom.